The Morgan fingerprint density at radius 2 is 1.67 bits per heavy atom. The summed E-state index contributed by atoms with van der Waals surface area (Å²) in [6.07, 6.45) is 4.35. The van der Waals surface area contributed by atoms with Gasteiger partial charge < -0.3 is 20.4 Å². The molecule has 8 nitrogen and oxygen atoms in total. The first-order valence-corrected chi connectivity index (χ1v) is 17.6. The SMILES string of the molecule is C[C@@H]1CCc2c(sc(NC(=O)[C@H](C)Sc3ccc(NC(=O)/C(=C/c4ccc(-c5ccccc5)o4)NC(=O)c4ccccc4)cc3)c2C#N)C1. The first-order chi connectivity index (χ1) is 23.8. The zero-order chi connectivity index (χ0) is 34.3. The van der Waals surface area contributed by atoms with E-state index in [0.717, 1.165) is 35.3 Å². The molecule has 5 aromatic rings. The van der Waals surface area contributed by atoms with Crippen LogP contribution in [0.3, 0.4) is 0 Å². The van der Waals surface area contributed by atoms with Gasteiger partial charge in [0.1, 0.15) is 28.3 Å². The van der Waals surface area contributed by atoms with Crippen LogP contribution in [0.5, 0.6) is 0 Å². The zero-order valence-corrected chi connectivity index (χ0v) is 28.6. The number of nitrogens with one attached hydrogen (secondary N) is 3. The highest BCUT2D eigenvalue weighted by atomic mass is 32.2. The Bertz CT molecular complexity index is 2040. The van der Waals surface area contributed by atoms with E-state index < -0.39 is 17.1 Å². The summed E-state index contributed by atoms with van der Waals surface area (Å²) in [6, 6.07) is 31.2. The van der Waals surface area contributed by atoms with Gasteiger partial charge >= 0.3 is 0 Å². The molecule has 0 radical (unpaired) electrons. The molecule has 0 fully saturated rings. The monoisotopic (exact) mass is 686 g/mol. The van der Waals surface area contributed by atoms with Crippen molar-refractivity contribution in [3.05, 3.63) is 130 Å². The number of carbonyl (C=O) groups is 3. The van der Waals surface area contributed by atoms with Crippen LogP contribution < -0.4 is 16.0 Å². The second-order valence-electron chi connectivity index (χ2n) is 11.8. The van der Waals surface area contributed by atoms with E-state index in [4.69, 9.17) is 4.42 Å². The van der Waals surface area contributed by atoms with Gasteiger partial charge in [-0.15, -0.1) is 23.1 Å². The third kappa shape index (κ3) is 8.20. The topological polar surface area (TPSA) is 124 Å². The van der Waals surface area contributed by atoms with Gasteiger partial charge in [0, 0.05) is 32.7 Å². The minimum Gasteiger partial charge on any atom is -0.457 e. The van der Waals surface area contributed by atoms with E-state index in [0.29, 0.717) is 39.3 Å². The number of rotatable bonds is 10. The number of anilines is 2. The molecule has 10 heteroatoms. The van der Waals surface area contributed by atoms with Gasteiger partial charge in [0.15, 0.2) is 0 Å². The number of amides is 3. The summed E-state index contributed by atoms with van der Waals surface area (Å²) < 4.78 is 5.98. The molecule has 2 aromatic heterocycles. The Morgan fingerprint density at radius 1 is 0.959 bits per heavy atom. The molecule has 2 atom stereocenters. The molecule has 246 valence electrons. The maximum absolute atomic E-state index is 13.5. The van der Waals surface area contributed by atoms with Crippen molar-refractivity contribution in [3.63, 3.8) is 0 Å². The highest BCUT2D eigenvalue weighted by molar-refractivity contribution is 8.00. The van der Waals surface area contributed by atoms with E-state index in [2.05, 4.69) is 28.9 Å². The van der Waals surface area contributed by atoms with Crippen molar-refractivity contribution in [3.8, 4) is 17.4 Å². The number of benzene rings is 3. The molecule has 3 aromatic carbocycles. The van der Waals surface area contributed by atoms with Crippen LogP contribution in [0.4, 0.5) is 10.7 Å². The third-order valence-corrected chi connectivity index (χ3v) is 10.4. The Balaban J connectivity index is 1.12. The summed E-state index contributed by atoms with van der Waals surface area (Å²) in [5.74, 6) is 0.458. The Morgan fingerprint density at radius 3 is 2.39 bits per heavy atom. The van der Waals surface area contributed by atoms with Gasteiger partial charge in [-0.3, -0.25) is 14.4 Å². The van der Waals surface area contributed by atoms with Crippen LogP contribution in [-0.4, -0.2) is 23.0 Å². The second kappa shape index (κ2) is 15.2. The lowest BCUT2D eigenvalue weighted by atomic mass is 9.89. The quantitative estimate of drug-likeness (QED) is 0.1000. The van der Waals surface area contributed by atoms with Gasteiger partial charge in [0.2, 0.25) is 5.91 Å². The van der Waals surface area contributed by atoms with Crippen LogP contribution in [0, 0.1) is 17.2 Å². The van der Waals surface area contributed by atoms with E-state index in [1.165, 1.54) is 34.1 Å². The molecule has 3 N–H and O–H groups in total. The average Bonchev–Trinajstić information content (AvgIpc) is 3.73. The third-order valence-electron chi connectivity index (χ3n) is 8.15. The number of thiophene rings is 1. The number of nitriles is 1. The van der Waals surface area contributed by atoms with Crippen molar-refractivity contribution in [1.29, 1.82) is 5.26 Å². The summed E-state index contributed by atoms with van der Waals surface area (Å²) in [6.45, 7) is 4.03. The summed E-state index contributed by atoms with van der Waals surface area (Å²) in [7, 11) is 0. The number of carbonyl (C=O) groups excluding carboxylic acids is 3. The number of furan rings is 1. The lowest BCUT2D eigenvalue weighted by Gasteiger charge is -2.17. The van der Waals surface area contributed by atoms with Crippen molar-refractivity contribution in [2.75, 3.05) is 10.6 Å². The summed E-state index contributed by atoms with van der Waals surface area (Å²) in [5.41, 5.74) is 3.48. The number of fused-ring (bicyclic) bond motifs is 1. The van der Waals surface area contributed by atoms with Crippen LogP contribution in [0.2, 0.25) is 0 Å². The number of nitrogens with zero attached hydrogens (tertiary/aromatic N) is 1. The van der Waals surface area contributed by atoms with Crippen LogP contribution in [0.1, 0.15) is 52.4 Å². The Hall–Kier alpha value is -5.37. The molecular formula is C39H34N4O4S2. The molecule has 1 aliphatic rings. The highest BCUT2D eigenvalue weighted by Crippen LogP contribution is 2.39. The average molecular weight is 687 g/mol. The van der Waals surface area contributed by atoms with Crippen molar-refractivity contribution in [2.45, 2.75) is 43.3 Å². The van der Waals surface area contributed by atoms with Crippen LogP contribution in [0.25, 0.3) is 17.4 Å². The fraction of sp³-hybridized carbons (Fsp3) is 0.179. The van der Waals surface area contributed by atoms with Crippen LogP contribution in [0.15, 0.2) is 112 Å². The van der Waals surface area contributed by atoms with E-state index in [1.54, 1.807) is 42.5 Å². The highest BCUT2D eigenvalue weighted by Gasteiger charge is 2.26. The molecule has 0 unspecified atom stereocenters. The molecule has 2 heterocycles. The Labute approximate surface area is 293 Å². The van der Waals surface area contributed by atoms with E-state index in [9.17, 15) is 19.6 Å². The van der Waals surface area contributed by atoms with Gasteiger partial charge in [-0.2, -0.15) is 5.26 Å². The molecular weight excluding hydrogens is 653 g/mol. The second-order valence-corrected chi connectivity index (χ2v) is 14.4. The predicted molar refractivity (Wildman–Crippen MR) is 195 cm³/mol. The molecule has 1 aliphatic carbocycles. The maximum Gasteiger partial charge on any atom is 0.272 e. The molecule has 0 saturated heterocycles. The molecule has 0 spiro atoms. The van der Waals surface area contributed by atoms with Gasteiger partial charge in [-0.05, 0) is 86.2 Å². The lowest BCUT2D eigenvalue weighted by Crippen LogP contribution is -2.30. The van der Waals surface area contributed by atoms with E-state index in [1.807, 2.05) is 61.5 Å². The normalized spacial score (nSPS) is 14.6. The van der Waals surface area contributed by atoms with Crippen LogP contribution >= 0.6 is 23.1 Å². The lowest BCUT2D eigenvalue weighted by molar-refractivity contribution is -0.115. The minimum absolute atomic E-state index is 0.00742. The van der Waals surface area contributed by atoms with Crippen molar-refractivity contribution < 1.29 is 18.8 Å². The summed E-state index contributed by atoms with van der Waals surface area (Å²) in [5, 5.41) is 18.6. The first-order valence-electron chi connectivity index (χ1n) is 15.9. The van der Waals surface area contributed by atoms with E-state index >= 15 is 0 Å². The largest absolute Gasteiger partial charge is 0.457 e. The van der Waals surface area contributed by atoms with Crippen LogP contribution in [-0.2, 0) is 22.4 Å². The molecule has 0 saturated carbocycles. The predicted octanol–water partition coefficient (Wildman–Crippen LogP) is 8.53. The van der Waals surface area contributed by atoms with Crippen molar-refractivity contribution in [1.82, 2.24) is 5.32 Å². The Kier molecular flexibility index (Phi) is 10.4. The molecule has 3 amide bonds. The number of hydrogen-bond acceptors (Lipinski definition) is 7. The van der Waals surface area contributed by atoms with Crippen molar-refractivity contribution >= 4 is 57.6 Å². The van der Waals surface area contributed by atoms with Gasteiger partial charge in [-0.25, -0.2) is 0 Å². The molecule has 6 rings (SSSR count). The number of thioether (sulfide) groups is 1. The zero-order valence-electron chi connectivity index (χ0n) is 27.0. The molecule has 49 heavy (non-hydrogen) atoms. The molecule has 0 bridgehead atoms. The fourth-order valence-corrected chi connectivity index (χ4v) is 7.75. The van der Waals surface area contributed by atoms with Crippen molar-refractivity contribution in [2.24, 2.45) is 5.92 Å². The van der Waals surface area contributed by atoms with E-state index in [-0.39, 0.29) is 11.6 Å². The first kappa shape index (κ1) is 33.5. The van der Waals surface area contributed by atoms with Gasteiger partial charge in [0.25, 0.3) is 11.8 Å². The smallest absolute Gasteiger partial charge is 0.272 e. The minimum atomic E-state index is -0.531. The standard InChI is InChI=1S/C39H34N4O4S2/c1-24-13-19-31-32(23-40)39(49-35(31)21-24)43-36(44)25(2)48-30-17-14-28(15-18-30)41-38(46)33(42-37(45)27-11-7-4-8-12-27)22-29-16-20-34(47-29)26-9-5-3-6-10-26/h3-12,14-18,20,22,24-25H,13,19,21H2,1-2H3,(H,41,46)(H,42,45)(H,43,44)/b33-22-/t24-,25+/m1/s1. The molecule has 0 aliphatic heterocycles. The number of hydrogen-bond donors (Lipinski definition) is 3. The summed E-state index contributed by atoms with van der Waals surface area (Å²) in [4.78, 5) is 41.7. The van der Waals surface area contributed by atoms with Gasteiger partial charge in [0.05, 0.1) is 10.8 Å². The fourth-order valence-electron chi connectivity index (χ4n) is 5.52. The van der Waals surface area contributed by atoms with Gasteiger partial charge in [-0.1, -0.05) is 55.5 Å². The summed E-state index contributed by atoms with van der Waals surface area (Å²) >= 11 is 2.89. The maximum atomic E-state index is 13.5.